The van der Waals surface area contributed by atoms with E-state index in [4.69, 9.17) is 22.1 Å². The van der Waals surface area contributed by atoms with Crippen LogP contribution in [0.3, 0.4) is 0 Å². The number of benzene rings is 3. The molecule has 1 fully saturated rings. The standard InChI is InChI=1S/C32H35ClN2O5/c1-19(36)22-14-15-32(34,30(38)39)29(22)35(18-31(2,3)4)26-13-12-21(33)16-25(26)28(40-17-27(35)37)24-11-7-9-20-8-5-6-10-23(20)24/h5-13,16,22,28-29H,14-15,17-18,34H2,1-4H3/p+1/t22-,28?,29-,32+,35?/m1/s1. The molecule has 7 nitrogen and oxygen atoms in total. The number of carboxylic acids is 1. The fourth-order valence-electron chi connectivity index (χ4n) is 7.07. The number of amides is 1. The highest BCUT2D eigenvalue weighted by molar-refractivity contribution is 6.30. The average Bonchev–Trinajstić information content (AvgIpc) is 3.21. The number of carbonyl (C=O) groups excluding carboxylic acids is 2. The minimum atomic E-state index is -1.80. The van der Waals surface area contributed by atoms with Crippen LogP contribution >= 0.6 is 11.6 Å². The first-order valence-electron chi connectivity index (χ1n) is 13.6. The van der Waals surface area contributed by atoms with Gasteiger partial charge >= 0.3 is 11.9 Å². The number of ketones is 1. The number of Topliss-reactive ketones (excluding diaryl/α,β-unsaturated/α-hetero) is 1. The Hall–Kier alpha value is -3.10. The van der Waals surface area contributed by atoms with Gasteiger partial charge in [-0.15, -0.1) is 0 Å². The SMILES string of the molecule is CC(=O)[C@H]1CC[C@@](N)(C(=O)O)[C@@H]1[N+]1(CC(C)(C)C)C(=O)COC(c2cccc3ccccc23)c2cc(Cl)ccc21. The van der Waals surface area contributed by atoms with Crippen molar-refractivity contribution in [2.24, 2.45) is 17.1 Å². The number of aliphatic carboxylic acids is 1. The summed E-state index contributed by atoms with van der Waals surface area (Å²) in [6.07, 6.45) is -0.278. The lowest BCUT2D eigenvalue weighted by atomic mass is 9.81. The zero-order valence-electron chi connectivity index (χ0n) is 23.3. The van der Waals surface area contributed by atoms with Gasteiger partial charge in [-0.1, -0.05) is 74.8 Å². The molecule has 3 aromatic carbocycles. The highest BCUT2D eigenvalue weighted by atomic mass is 35.5. The summed E-state index contributed by atoms with van der Waals surface area (Å²) in [5.74, 6) is -2.43. The number of quaternary nitrogens is 1. The van der Waals surface area contributed by atoms with E-state index < -0.39 is 39.5 Å². The highest BCUT2D eigenvalue weighted by Crippen LogP contribution is 2.51. The molecular weight excluding hydrogens is 528 g/mol. The molecule has 0 saturated heterocycles. The molecule has 5 rings (SSSR count). The van der Waals surface area contributed by atoms with E-state index in [0.29, 0.717) is 16.3 Å². The molecule has 40 heavy (non-hydrogen) atoms. The fourth-order valence-corrected chi connectivity index (χ4v) is 7.25. The van der Waals surface area contributed by atoms with Gasteiger partial charge in [-0.05, 0) is 48.2 Å². The van der Waals surface area contributed by atoms with E-state index in [1.165, 1.54) is 6.92 Å². The number of nitrogens with two attached hydrogens (primary N) is 1. The van der Waals surface area contributed by atoms with Crippen LogP contribution in [0.25, 0.3) is 10.8 Å². The molecule has 1 aliphatic carbocycles. The number of carboxylic acid groups (broad SMARTS) is 1. The first-order chi connectivity index (χ1) is 18.8. The van der Waals surface area contributed by atoms with Crippen LogP contribution in [0, 0.1) is 11.3 Å². The van der Waals surface area contributed by atoms with Crippen LogP contribution in [0.4, 0.5) is 5.69 Å². The van der Waals surface area contributed by atoms with Gasteiger partial charge in [0.1, 0.15) is 23.6 Å². The van der Waals surface area contributed by atoms with Crippen molar-refractivity contribution in [1.29, 1.82) is 0 Å². The fraction of sp³-hybridized carbons (Fsp3) is 0.406. The van der Waals surface area contributed by atoms with Crippen LogP contribution in [0.15, 0.2) is 60.7 Å². The molecule has 1 amide bonds. The molecule has 0 aromatic heterocycles. The molecule has 3 aromatic rings. The van der Waals surface area contributed by atoms with Crippen molar-refractivity contribution in [2.75, 3.05) is 13.2 Å². The summed E-state index contributed by atoms with van der Waals surface area (Å²) in [6.45, 7) is 7.40. The molecule has 3 N–H and O–H groups in total. The predicted molar refractivity (Wildman–Crippen MR) is 156 cm³/mol. The van der Waals surface area contributed by atoms with E-state index in [1.54, 1.807) is 18.2 Å². The first kappa shape index (κ1) is 28.4. The number of fused-ring (bicyclic) bond motifs is 2. The van der Waals surface area contributed by atoms with Crippen LogP contribution in [0.1, 0.15) is 57.8 Å². The summed E-state index contributed by atoms with van der Waals surface area (Å²) >= 11 is 6.59. The van der Waals surface area contributed by atoms with Crippen molar-refractivity contribution in [2.45, 2.75) is 58.2 Å². The van der Waals surface area contributed by atoms with Gasteiger partial charge in [-0.25, -0.2) is 14.1 Å². The van der Waals surface area contributed by atoms with E-state index >= 15 is 0 Å². The molecule has 1 saturated carbocycles. The first-order valence-corrected chi connectivity index (χ1v) is 14.0. The number of hydrogen-bond donors (Lipinski definition) is 2. The van der Waals surface area contributed by atoms with E-state index in [9.17, 15) is 19.5 Å². The third-order valence-corrected chi connectivity index (χ3v) is 8.76. The van der Waals surface area contributed by atoms with Crippen LogP contribution in [0.2, 0.25) is 5.02 Å². The van der Waals surface area contributed by atoms with Crippen LogP contribution < -0.4 is 10.2 Å². The molecule has 210 valence electrons. The minimum Gasteiger partial charge on any atom is -0.480 e. The molecule has 8 heteroatoms. The Bertz CT molecular complexity index is 1510. The third kappa shape index (κ3) is 4.55. The Morgan fingerprint density at radius 2 is 1.80 bits per heavy atom. The normalized spacial score (nSPS) is 28.8. The van der Waals surface area contributed by atoms with Crippen molar-refractivity contribution in [3.8, 4) is 0 Å². The van der Waals surface area contributed by atoms with Crippen LogP contribution in [-0.4, -0.2) is 47.5 Å². The van der Waals surface area contributed by atoms with Crippen molar-refractivity contribution in [3.63, 3.8) is 0 Å². The van der Waals surface area contributed by atoms with Crippen molar-refractivity contribution in [1.82, 2.24) is 4.48 Å². The van der Waals surface area contributed by atoms with Crippen molar-refractivity contribution >= 4 is 45.7 Å². The second-order valence-corrected chi connectivity index (χ2v) is 12.9. The Balaban J connectivity index is 1.86. The molecule has 1 heterocycles. The molecule has 0 radical (unpaired) electrons. The molecular formula is C32H36ClN2O5+. The van der Waals surface area contributed by atoms with E-state index in [1.807, 2.05) is 63.2 Å². The lowest BCUT2D eigenvalue weighted by molar-refractivity contribution is -0.150. The van der Waals surface area contributed by atoms with Gasteiger partial charge < -0.3 is 15.6 Å². The Morgan fingerprint density at radius 1 is 1.10 bits per heavy atom. The van der Waals surface area contributed by atoms with Crippen LogP contribution in [-0.2, 0) is 19.1 Å². The van der Waals surface area contributed by atoms with E-state index in [2.05, 4.69) is 0 Å². The zero-order chi connectivity index (χ0) is 29.0. The van der Waals surface area contributed by atoms with Crippen molar-refractivity contribution < 1.29 is 24.2 Å². The quantitative estimate of drug-likeness (QED) is 0.389. The van der Waals surface area contributed by atoms with E-state index in [-0.39, 0.29) is 37.7 Å². The predicted octanol–water partition coefficient (Wildman–Crippen LogP) is 5.64. The lowest BCUT2D eigenvalue weighted by Crippen LogP contribution is -2.75. The summed E-state index contributed by atoms with van der Waals surface area (Å²) < 4.78 is 6.05. The number of rotatable bonds is 5. The summed E-state index contributed by atoms with van der Waals surface area (Å²) in [6, 6.07) is 18.2. The van der Waals surface area contributed by atoms with Gasteiger partial charge in [-0.2, -0.15) is 0 Å². The smallest absolute Gasteiger partial charge is 0.344 e. The van der Waals surface area contributed by atoms with Gasteiger partial charge in [-0.3, -0.25) is 4.79 Å². The van der Waals surface area contributed by atoms with E-state index in [0.717, 1.165) is 16.3 Å². The monoisotopic (exact) mass is 563 g/mol. The molecule has 1 aliphatic heterocycles. The maximum atomic E-state index is 14.6. The molecule has 2 aliphatic rings. The number of nitrogens with zero attached hydrogens (tertiary/aromatic N) is 1. The molecule has 2 unspecified atom stereocenters. The Morgan fingerprint density at radius 3 is 2.48 bits per heavy atom. The van der Waals surface area contributed by atoms with Gasteiger partial charge in [0.15, 0.2) is 12.1 Å². The maximum Gasteiger partial charge on any atom is 0.344 e. The summed E-state index contributed by atoms with van der Waals surface area (Å²) in [5.41, 5.74) is 6.61. The second kappa shape index (κ2) is 10.1. The van der Waals surface area contributed by atoms with Crippen LogP contribution in [0.5, 0.6) is 0 Å². The zero-order valence-corrected chi connectivity index (χ0v) is 24.1. The average molecular weight is 564 g/mol. The van der Waals surface area contributed by atoms with Gasteiger partial charge in [0.05, 0.1) is 12.5 Å². The molecule has 0 bridgehead atoms. The Labute approximate surface area is 239 Å². The van der Waals surface area contributed by atoms with Crippen molar-refractivity contribution in [3.05, 3.63) is 76.8 Å². The minimum absolute atomic E-state index is 0.0885. The van der Waals surface area contributed by atoms with Gasteiger partial charge in [0, 0.05) is 22.1 Å². The number of hydrogen-bond acceptors (Lipinski definition) is 5. The van der Waals surface area contributed by atoms with Gasteiger partial charge in [0.25, 0.3) is 0 Å². The number of ether oxygens (including phenoxy) is 1. The second-order valence-electron chi connectivity index (χ2n) is 12.5. The largest absolute Gasteiger partial charge is 0.480 e. The topological polar surface area (TPSA) is 107 Å². The Kier molecular flexibility index (Phi) is 7.16. The highest BCUT2D eigenvalue weighted by Gasteiger charge is 2.67. The molecule has 0 spiro atoms. The lowest BCUT2D eigenvalue weighted by Gasteiger charge is -2.48. The number of halogens is 1. The molecule has 5 atom stereocenters. The summed E-state index contributed by atoms with van der Waals surface area (Å²) in [7, 11) is 0. The maximum absolute atomic E-state index is 14.6. The summed E-state index contributed by atoms with van der Waals surface area (Å²) in [5, 5.41) is 12.9. The number of carbonyl (C=O) groups is 3. The van der Waals surface area contributed by atoms with Gasteiger partial charge in [0.2, 0.25) is 0 Å². The summed E-state index contributed by atoms with van der Waals surface area (Å²) in [4.78, 5) is 40.5. The third-order valence-electron chi connectivity index (χ3n) is 8.52.